The zero-order valence-electron chi connectivity index (χ0n) is 11.6. The van der Waals surface area contributed by atoms with Crippen LogP contribution in [0.1, 0.15) is 31.4 Å². The van der Waals surface area contributed by atoms with Gasteiger partial charge in [-0.1, -0.05) is 12.1 Å². The third-order valence-corrected chi connectivity index (χ3v) is 4.28. The van der Waals surface area contributed by atoms with Crippen LogP contribution in [-0.2, 0) is 4.79 Å². The maximum Gasteiger partial charge on any atom is 0.223 e. The highest BCUT2D eigenvalue weighted by Crippen LogP contribution is 2.33. The number of fused-ring (bicyclic) bond motifs is 1. The van der Waals surface area contributed by atoms with Crippen molar-refractivity contribution in [3.05, 3.63) is 29.6 Å². The van der Waals surface area contributed by atoms with Gasteiger partial charge in [-0.2, -0.15) is 0 Å². The van der Waals surface area contributed by atoms with Gasteiger partial charge in [-0.3, -0.25) is 4.79 Å². The lowest BCUT2D eigenvalue weighted by molar-refractivity contribution is -0.129. The molecule has 0 aromatic heterocycles. The Morgan fingerprint density at radius 1 is 1.40 bits per heavy atom. The lowest BCUT2D eigenvalue weighted by atomic mass is 10.0. The molecule has 2 aliphatic heterocycles. The van der Waals surface area contributed by atoms with E-state index in [1.165, 1.54) is 6.07 Å². The van der Waals surface area contributed by atoms with E-state index < -0.39 is 6.10 Å². The van der Waals surface area contributed by atoms with E-state index in [0.717, 1.165) is 6.42 Å². The first kappa shape index (κ1) is 13.4. The van der Waals surface area contributed by atoms with Crippen molar-refractivity contribution in [1.82, 2.24) is 4.90 Å². The molecule has 2 saturated heterocycles. The molecule has 0 saturated carbocycles. The molecule has 2 unspecified atom stereocenters. The number of hydrogen-bond donors (Lipinski definition) is 1. The monoisotopic (exact) mass is 278 g/mol. The molecule has 0 bridgehead atoms. The number of rotatable bonds is 2. The molecule has 0 spiro atoms. The lowest BCUT2D eigenvalue weighted by Gasteiger charge is -2.39. The van der Waals surface area contributed by atoms with Gasteiger partial charge in [-0.25, -0.2) is 4.39 Å². The van der Waals surface area contributed by atoms with Gasteiger partial charge in [0.2, 0.25) is 5.91 Å². The fourth-order valence-electron chi connectivity index (χ4n) is 3.27. The number of amides is 1. The van der Waals surface area contributed by atoms with E-state index in [0.29, 0.717) is 37.3 Å². The second-order valence-electron chi connectivity index (χ2n) is 5.58. The Bertz CT molecular complexity index is 533. The summed E-state index contributed by atoms with van der Waals surface area (Å²) in [5, 5.41) is 9.83. The Hall–Kier alpha value is -1.62. The fraction of sp³-hybridized carbons (Fsp3) is 0.533. The number of anilines is 1. The molecule has 1 aromatic rings. The highest BCUT2D eigenvalue weighted by Gasteiger charge is 2.36. The zero-order chi connectivity index (χ0) is 14.3. The number of benzene rings is 1. The minimum Gasteiger partial charge on any atom is -0.389 e. The first-order chi connectivity index (χ1) is 9.58. The van der Waals surface area contributed by atoms with Crippen LogP contribution < -0.4 is 4.90 Å². The maximum absolute atomic E-state index is 14.2. The summed E-state index contributed by atoms with van der Waals surface area (Å²) in [5.41, 5.74) is 1.10. The molecule has 5 heteroatoms. The molecule has 0 aliphatic carbocycles. The Labute approximate surface area is 117 Å². The quantitative estimate of drug-likeness (QED) is 0.895. The summed E-state index contributed by atoms with van der Waals surface area (Å²) in [6, 6.07) is 4.98. The average Bonchev–Trinajstić information content (AvgIpc) is 2.79. The van der Waals surface area contributed by atoms with E-state index in [-0.39, 0.29) is 17.8 Å². The summed E-state index contributed by atoms with van der Waals surface area (Å²) < 4.78 is 14.2. The van der Waals surface area contributed by atoms with Gasteiger partial charge in [0.15, 0.2) is 0 Å². The van der Waals surface area contributed by atoms with Crippen molar-refractivity contribution in [3.63, 3.8) is 0 Å². The van der Waals surface area contributed by atoms with Crippen LogP contribution in [0.15, 0.2) is 18.2 Å². The van der Waals surface area contributed by atoms with Gasteiger partial charge >= 0.3 is 0 Å². The molecule has 1 amide bonds. The van der Waals surface area contributed by atoms with Gasteiger partial charge < -0.3 is 14.9 Å². The predicted molar refractivity (Wildman–Crippen MR) is 74.0 cm³/mol. The van der Waals surface area contributed by atoms with E-state index in [1.807, 2.05) is 9.80 Å². The van der Waals surface area contributed by atoms with Crippen molar-refractivity contribution in [2.75, 3.05) is 24.5 Å². The molecule has 20 heavy (non-hydrogen) atoms. The molecular formula is C15H19FN2O2. The van der Waals surface area contributed by atoms with Crippen molar-refractivity contribution in [3.8, 4) is 0 Å². The smallest absolute Gasteiger partial charge is 0.223 e. The second-order valence-corrected chi connectivity index (χ2v) is 5.58. The van der Waals surface area contributed by atoms with Crippen molar-refractivity contribution in [2.24, 2.45) is 0 Å². The van der Waals surface area contributed by atoms with Gasteiger partial charge in [-0.15, -0.1) is 0 Å². The number of piperazine rings is 1. The van der Waals surface area contributed by atoms with Crippen LogP contribution in [0, 0.1) is 5.82 Å². The van der Waals surface area contributed by atoms with Crippen LogP contribution in [0.5, 0.6) is 0 Å². The average molecular weight is 278 g/mol. The predicted octanol–water partition coefficient (Wildman–Crippen LogP) is 1.69. The minimum absolute atomic E-state index is 0.178. The lowest BCUT2D eigenvalue weighted by Crippen LogP contribution is -2.52. The van der Waals surface area contributed by atoms with Crippen LogP contribution in [0.4, 0.5) is 10.1 Å². The summed E-state index contributed by atoms with van der Waals surface area (Å²) >= 11 is 0. The standard InChI is InChI=1S/C15H19FN2O2/c1-10(19)12-3-2-4-13(16)15(12)17-7-8-18-11(9-17)5-6-14(18)20/h2-4,10-11,19H,5-9H2,1H3. The Kier molecular flexibility index (Phi) is 3.38. The van der Waals surface area contributed by atoms with Crippen molar-refractivity contribution in [1.29, 1.82) is 0 Å². The fourth-order valence-corrected chi connectivity index (χ4v) is 3.27. The summed E-state index contributed by atoms with van der Waals surface area (Å²) in [6.07, 6.45) is 0.733. The normalized spacial score (nSPS) is 23.9. The van der Waals surface area contributed by atoms with E-state index in [9.17, 15) is 14.3 Å². The SMILES string of the molecule is CC(O)c1cccc(F)c1N1CCN2C(=O)CCC2C1. The molecule has 2 fully saturated rings. The first-order valence-corrected chi connectivity index (χ1v) is 7.09. The minimum atomic E-state index is -0.705. The Morgan fingerprint density at radius 3 is 2.95 bits per heavy atom. The molecule has 1 aromatic carbocycles. The Balaban J connectivity index is 1.89. The van der Waals surface area contributed by atoms with Crippen LogP contribution >= 0.6 is 0 Å². The first-order valence-electron chi connectivity index (χ1n) is 7.09. The van der Waals surface area contributed by atoms with E-state index in [4.69, 9.17) is 0 Å². The number of aliphatic hydroxyl groups is 1. The molecule has 108 valence electrons. The molecule has 2 atom stereocenters. The molecule has 4 nitrogen and oxygen atoms in total. The summed E-state index contributed by atoms with van der Waals surface area (Å²) in [6.45, 7) is 3.54. The van der Waals surface area contributed by atoms with Gasteiger partial charge in [0.05, 0.1) is 11.8 Å². The van der Waals surface area contributed by atoms with Gasteiger partial charge in [-0.05, 0) is 19.4 Å². The number of aliphatic hydroxyl groups excluding tert-OH is 1. The third kappa shape index (κ3) is 2.16. The molecule has 2 aliphatic rings. The second kappa shape index (κ2) is 5.05. The summed E-state index contributed by atoms with van der Waals surface area (Å²) in [4.78, 5) is 15.6. The topological polar surface area (TPSA) is 43.8 Å². The molecular weight excluding hydrogens is 259 g/mol. The van der Waals surface area contributed by atoms with Crippen molar-refractivity contribution in [2.45, 2.75) is 31.9 Å². The van der Waals surface area contributed by atoms with Gasteiger partial charge in [0.1, 0.15) is 5.82 Å². The maximum atomic E-state index is 14.2. The molecule has 3 rings (SSSR count). The molecule has 0 radical (unpaired) electrons. The number of halogens is 1. The van der Waals surface area contributed by atoms with Crippen LogP contribution in [0.2, 0.25) is 0 Å². The summed E-state index contributed by atoms with van der Waals surface area (Å²) in [7, 11) is 0. The van der Waals surface area contributed by atoms with Crippen molar-refractivity contribution < 1.29 is 14.3 Å². The van der Waals surface area contributed by atoms with Crippen LogP contribution in [0.3, 0.4) is 0 Å². The molecule has 2 heterocycles. The van der Waals surface area contributed by atoms with Crippen LogP contribution in [-0.4, -0.2) is 41.6 Å². The highest BCUT2D eigenvalue weighted by atomic mass is 19.1. The Morgan fingerprint density at radius 2 is 2.20 bits per heavy atom. The third-order valence-electron chi connectivity index (χ3n) is 4.28. The van der Waals surface area contributed by atoms with E-state index in [1.54, 1.807) is 19.1 Å². The number of para-hydroxylation sites is 1. The zero-order valence-corrected chi connectivity index (χ0v) is 11.6. The number of hydrogen-bond acceptors (Lipinski definition) is 3. The largest absolute Gasteiger partial charge is 0.389 e. The van der Waals surface area contributed by atoms with Gasteiger partial charge in [0, 0.05) is 37.7 Å². The van der Waals surface area contributed by atoms with E-state index >= 15 is 0 Å². The van der Waals surface area contributed by atoms with E-state index in [2.05, 4.69) is 0 Å². The number of carbonyl (C=O) groups excluding carboxylic acids is 1. The number of carbonyl (C=O) groups is 1. The highest BCUT2D eigenvalue weighted by molar-refractivity contribution is 5.79. The van der Waals surface area contributed by atoms with Crippen molar-refractivity contribution >= 4 is 11.6 Å². The summed E-state index contributed by atoms with van der Waals surface area (Å²) in [5.74, 6) is -0.0971. The van der Waals surface area contributed by atoms with Gasteiger partial charge in [0.25, 0.3) is 0 Å². The number of nitrogens with zero attached hydrogens (tertiary/aromatic N) is 2. The molecule has 1 N–H and O–H groups in total. The van der Waals surface area contributed by atoms with Crippen LogP contribution in [0.25, 0.3) is 0 Å².